The first-order chi connectivity index (χ1) is 18.4. The van der Waals surface area contributed by atoms with Crippen molar-refractivity contribution in [1.82, 2.24) is 24.8 Å². The highest BCUT2D eigenvalue weighted by Crippen LogP contribution is 2.38. The lowest BCUT2D eigenvalue weighted by Crippen LogP contribution is -2.47. The fourth-order valence-electron chi connectivity index (χ4n) is 5.01. The van der Waals surface area contributed by atoms with Crippen molar-refractivity contribution in [2.45, 2.75) is 52.6 Å². The van der Waals surface area contributed by atoms with Crippen molar-refractivity contribution in [3.8, 4) is 10.6 Å². The molecule has 0 spiro atoms. The van der Waals surface area contributed by atoms with Gasteiger partial charge in [0.2, 0.25) is 0 Å². The van der Waals surface area contributed by atoms with Gasteiger partial charge in [-0.2, -0.15) is 0 Å². The van der Waals surface area contributed by atoms with Gasteiger partial charge < -0.3 is 9.69 Å². The number of hydrogen-bond donors (Lipinski definition) is 1. The number of thiazole rings is 1. The van der Waals surface area contributed by atoms with Crippen LogP contribution in [0.15, 0.2) is 18.5 Å². The predicted octanol–water partition coefficient (Wildman–Crippen LogP) is 4.23. The smallest absolute Gasteiger partial charge is 0.277 e. The monoisotopic (exact) mass is 553 g/mol. The Balaban J connectivity index is 1.27. The average molecular weight is 554 g/mol. The summed E-state index contributed by atoms with van der Waals surface area (Å²) in [5.74, 6) is 0.459. The summed E-state index contributed by atoms with van der Waals surface area (Å²) in [4.78, 5) is 48.0. The van der Waals surface area contributed by atoms with E-state index < -0.39 is 0 Å². The van der Waals surface area contributed by atoms with E-state index >= 15 is 0 Å². The molecular weight excluding hydrogens is 518 g/mol. The van der Waals surface area contributed by atoms with E-state index in [4.69, 9.17) is 4.98 Å². The van der Waals surface area contributed by atoms with Gasteiger partial charge in [-0.1, -0.05) is 11.3 Å². The van der Waals surface area contributed by atoms with Crippen LogP contribution < -0.4 is 10.2 Å². The van der Waals surface area contributed by atoms with E-state index in [1.165, 1.54) is 34.4 Å². The Kier molecular flexibility index (Phi) is 8.47. The molecule has 0 radical (unpaired) electrons. The number of likely N-dealkylation sites (tertiary alicyclic amines) is 1. The molecule has 9 nitrogen and oxygen atoms in total. The maximum Gasteiger partial charge on any atom is 0.277 e. The lowest BCUT2D eigenvalue weighted by molar-refractivity contribution is -0.108. The molecule has 5 heterocycles. The summed E-state index contributed by atoms with van der Waals surface area (Å²) in [5.41, 5.74) is 2.51. The first-order valence-corrected chi connectivity index (χ1v) is 14.9. The molecule has 11 heteroatoms. The molecular formula is C27H35N7O2S2. The molecule has 38 heavy (non-hydrogen) atoms. The third kappa shape index (κ3) is 6.12. The fraction of sp³-hybridized carbons (Fsp3) is 0.519. The molecule has 1 amide bonds. The number of aryl methyl sites for hydroxylation is 2. The third-order valence-electron chi connectivity index (χ3n) is 7.48. The maximum absolute atomic E-state index is 13.1. The zero-order chi connectivity index (χ0) is 26.6. The van der Waals surface area contributed by atoms with Crippen LogP contribution in [0.4, 0.5) is 10.9 Å². The number of piperazine rings is 1. The van der Waals surface area contributed by atoms with Crippen molar-refractivity contribution in [3.05, 3.63) is 39.5 Å². The van der Waals surface area contributed by atoms with Crippen LogP contribution >= 0.6 is 22.7 Å². The van der Waals surface area contributed by atoms with E-state index in [2.05, 4.69) is 56.8 Å². The maximum atomic E-state index is 13.1. The van der Waals surface area contributed by atoms with Crippen molar-refractivity contribution in [1.29, 1.82) is 0 Å². The van der Waals surface area contributed by atoms with Crippen LogP contribution in [0.5, 0.6) is 0 Å². The average Bonchev–Trinajstić information content (AvgIpc) is 3.62. The van der Waals surface area contributed by atoms with Crippen LogP contribution in [0.1, 0.15) is 52.0 Å². The van der Waals surface area contributed by atoms with Crippen molar-refractivity contribution in [2.24, 2.45) is 0 Å². The molecule has 3 aromatic rings. The Morgan fingerprint density at radius 3 is 2.58 bits per heavy atom. The lowest BCUT2D eigenvalue weighted by Gasteiger charge is -2.34. The van der Waals surface area contributed by atoms with Gasteiger partial charge in [-0.3, -0.25) is 19.9 Å². The molecule has 0 bridgehead atoms. The van der Waals surface area contributed by atoms with Crippen molar-refractivity contribution >= 4 is 45.8 Å². The number of carbonyl (C=O) groups excluding carboxylic acids is 2. The van der Waals surface area contributed by atoms with Crippen molar-refractivity contribution in [2.75, 3.05) is 49.5 Å². The van der Waals surface area contributed by atoms with Gasteiger partial charge in [-0.15, -0.1) is 11.3 Å². The highest BCUT2D eigenvalue weighted by Gasteiger charge is 2.25. The van der Waals surface area contributed by atoms with Crippen LogP contribution in [0.3, 0.4) is 0 Å². The Morgan fingerprint density at radius 1 is 1.13 bits per heavy atom. The molecule has 2 aliphatic rings. The topological polar surface area (TPSA) is 94.6 Å². The van der Waals surface area contributed by atoms with Crippen LogP contribution in [0.2, 0.25) is 0 Å². The number of nitrogens with one attached hydrogen (secondary N) is 1. The zero-order valence-corrected chi connectivity index (χ0v) is 23.9. The molecule has 2 fully saturated rings. The second-order valence-corrected chi connectivity index (χ2v) is 12.4. The van der Waals surface area contributed by atoms with Gasteiger partial charge >= 0.3 is 0 Å². The molecule has 202 valence electrons. The van der Waals surface area contributed by atoms with E-state index in [1.807, 2.05) is 0 Å². The van der Waals surface area contributed by atoms with E-state index in [1.54, 1.807) is 28.9 Å². The number of anilines is 2. The number of nitrogens with zero attached hydrogens (tertiary/aromatic N) is 6. The van der Waals surface area contributed by atoms with Gasteiger partial charge in [0.15, 0.2) is 5.13 Å². The van der Waals surface area contributed by atoms with Gasteiger partial charge in [0.1, 0.15) is 17.8 Å². The lowest BCUT2D eigenvalue weighted by atomic mass is 10.2. The van der Waals surface area contributed by atoms with Gasteiger partial charge in [0, 0.05) is 61.5 Å². The van der Waals surface area contributed by atoms with Crippen molar-refractivity contribution in [3.63, 3.8) is 0 Å². The molecule has 1 N–H and O–H groups in total. The minimum Gasteiger partial charge on any atom is -0.353 e. The van der Waals surface area contributed by atoms with Gasteiger partial charge in [-0.25, -0.2) is 15.0 Å². The highest BCUT2D eigenvalue weighted by molar-refractivity contribution is 7.18. The van der Waals surface area contributed by atoms with E-state index in [0.717, 1.165) is 68.5 Å². The zero-order valence-electron chi connectivity index (χ0n) is 22.3. The van der Waals surface area contributed by atoms with Gasteiger partial charge in [0.25, 0.3) is 5.91 Å². The number of aromatic nitrogens is 3. The molecule has 2 aliphatic heterocycles. The number of amides is 1. The molecule has 5 rings (SSSR count). The summed E-state index contributed by atoms with van der Waals surface area (Å²) in [5, 5.41) is 3.56. The highest BCUT2D eigenvalue weighted by atomic mass is 32.1. The fourth-order valence-corrected chi connectivity index (χ4v) is 7.12. The Labute approximate surface area is 231 Å². The number of carbonyl (C=O) groups is 2. The predicted molar refractivity (Wildman–Crippen MR) is 153 cm³/mol. The SMILES string of the molecule is Cc1cc(-c2nc(NC(=O)c3cnc(N4CCN(CCC=O)CC4)cn3)sc2CN2CCCC2C)sc1C. The van der Waals surface area contributed by atoms with E-state index in [0.29, 0.717) is 17.6 Å². The number of thiophene rings is 1. The summed E-state index contributed by atoms with van der Waals surface area (Å²) >= 11 is 3.31. The standard InChI is InChI=1S/C27H35N7O2S2/c1-18-14-22(37-20(18)3)25-23(17-34-8-4-6-19(34)2)38-27(30-25)31-26(36)21-15-29-24(16-28-21)33-11-9-32(10-12-33)7-5-13-35/h13-16,19H,4-12,17H2,1-3H3,(H,30,31,36). The van der Waals surface area contributed by atoms with Gasteiger partial charge in [0.05, 0.1) is 23.0 Å². The first kappa shape index (κ1) is 26.9. The molecule has 1 atom stereocenters. The molecule has 0 aromatic carbocycles. The van der Waals surface area contributed by atoms with E-state index in [-0.39, 0.29) is 11.6 Å². The van der Waals surface area contributed by atoms with Crippen molar-refractivity contribution < 1.29 is 9.59 Å². The summed E-state index contributed by atoms with van der Waals surface area (Å²) in [6.45, 7) is 12.7. The van der Waals surface area contributed by atoms with Gasteiger partial charge in [-0.05, 0) is 51.8 Å². The second kappa shape index (κ2) is 12.0. The summed E-state index contributed by atoms with van der Waals surface area (Å²) < 4.78 is 0. The molecule has 1 unspecified atom stereocenters. The normalized spacial score (nSPS) is 18.7. The molecule has 0 saturated carbocycles. The summed E-state index contributed by atoms with van der Waals surface area (Å²) in [6, 6.07) is 2.76. The van der Waals surface area contributed by atoms with Crippen LogP contribution in [0, 0.1) is 13.8 Å². The number of aldehydes is 1. The van der Waals surface area contributed by atoms with Crippen LogP contribution in [0.25, 0.3) is 10.6 Å². The molecule has 0 aliphatic carbocycles. The Bertz CT molecular complexity index is 1250. The summed E-state index contributed by atoms with van der Waals surface area (Å²) in [7, 11) is 0. The van der Waals surface area contributed by atoms with E-state index in [9.17, 15) is 9.59 Å². The Hall–Kier alpha value is -2.73. The van der Waals surface area contributed by atoms with Crippen LogP contribution in [-0.2, 0) is 11.3 Å². The minimum atomic E-state index is -0.303. The summed E-state index contributed by atoms with van der Waals surface area (Å²) in [6.07, 6.45) is 7.18. The largest absolute Gasteiger partial charge is 0.353 e. The molecule has 2 saturated heterocycles. The number of rotatable bonds is 9. The van der Waals surface area contributed by atoms with Crippen LogP contribution in [-0.4, -0.2) is 82.3 Å². The molecule has 3 aromatic heterocycles. The Morgan fingerprint density at radius 2 is 1.95 bits per heavy atom. The second-order valence-electron chi connectivity index (χ2n) is 10.1. The number of hydrogen-bond acceptors (Lipinski definition) is 10. The first-order valence-electron chi connectivity index (χ1n) is 13.3. The third-order valence-corrected chi connectivity index (χ3v) is 9.60. The quantitative estimate of drug-likeness (QED) is 0.394. The minimum absolute atomic E-state index is 0.271.